The molecule has 0 aliphatic carbocycles. The van der Waals surface area contributed by atoms with Gasteiger partial charge >= 0.3 is 0 Å². The van der Waals surface area contributed by atoms with Crippen LogP contribution in [0, 0.1) is 0 Å². The molecular weight excluding hydrogens is 320 g/mol. The van der Waals surface area contributed by atoms with Crippen LogP contribution in [0.5, 0.6) is 0 Å². The molecule has 0 radical (unpaired) electrons. The Balaban J connectivity index is 1.63. The molecule has 1 aliphatic heterocycles. The largest absolute Gasteiger partial charge is 0.316 e. The molecule has 1 N–H and O–H groups in total. The van der Waals surface area contributed by atoms with Crippen LogP contribution in [0.15, 0.2) is 29.8 Å². The molecule has 1 aliphatic rings. The Morgan fingerprint density at radius 2 is 2.09 bits per heavy atom. The van der Waals surface area contributed by atoms with E-state index in [-0.39, 0.29) is 0 Å². The van der Waals surface area contributed by atoms with Crippen molar-refractivity contribution in [3.63, 3.8) is 0 Å². The zero-order valence-corrected chi connectivity index (χ0v) is 13.9. The molecule has 118 valence electrons. The molecule has 3 rings (SSSR count). The van der Waals surface area contributed by atoms with E-state index in [2.05, 4.69) is 15.3 Å². The molecule has 0 atom stereocenters. The van der Waals surface area contributed by atoms with Gasteiger partial charge in [0.05, 0.1) is 11.9 Å². The third-order valence-corrected chi connectivity index (χ3v) is 5.84. The number of piperidine rings is 1. The number of nitrogens with zero attached hydrogens (tertiary/aromatic N) is 3. The van der Waals surface area contributed by atoms with Crippen molar-refractivity contribution in [1.29, 1.82) is 0 Å². The molecule has 8 heteroatoms. The summed E-state index contributed by atoms with van der Waals surface area (Å²) in [6, 6.07) is 5.68. The van der Waals surface area contributed by atoms with Crippen LogP contribution in [0.25, 0.3) is 0 Å². The van der Waals surface area contributed by atoms with Crippen molar-refractivity contribution < 1.29 is 8.42 Å². The normalized spacial score (nSPS) is 17.5. The first-order valence-corrected chi connectivity index (χ1v) is 9.84. The Labute approximate surface area is 134 Å². The van der Waals surface area contributed by atoms with Crippen LogP contribution in [0.3, 0.4) is 0 Å². The smallest absolute Gasteiger partial charge is 0.211 e. The van der Waals surface area contributed by atoms with Crippen molar-refractivity contribution >= 4 is 32.3 Å². The van der Waals surface area contributed by atoms with Crippen LogP contribution < -0.4 is 5.32 Å². The summed E-state index contributed by atoms with van der Waals surface area (Å²) in [7, 11) is -3.07. The van der Waals surface area contributed by atoms with Gasteiger partial charge in [0.15, 0.2) is 5.13 Å². The summed E-state index contributed by atoms with van der Waals surface area (Å²) in [4.78, 5) is 8.83. The second kappa shape index (κ2) is 6.31. The average Bonchev–Trinajstić information content (AvgIpc) is 2.96. The van der Waals surface area contributed by atoms with Gasteiger partial charge in [-0.3, -0.25) is 0 Å². The first-order chi connectivity index (χ1) is 10.5. The summed E-state index contributed by atoms with van der Waals surface area (Å²) in [6.45, 7) is 1.15. The molecule has 0 unspecified atom stereocenters. The predicted octanol–water partition coefficient (Wildman–Crippen LogP) is 2.42. The van der Waals surface area contributed by atoms with Gasteiger partial charge in [-0.2, -0.15) is 0 Å². The average molecular weight is 338 g/mol. The van der Waals surface area contributed by atoms with E-state index in [1.54, 1.807) is 21.8 Å². The number of hydrogen-bond acceptors (Lipinski definition) is 6. The predicted molar refractivity (Wildman–Crippen MR) is 88.0 cm³/mol. The lowest BCUT2D eigenvalue weighted by Gasteiger charge is -2.29. The molecule has 22 heavy (non-hydrogen) atoms. The zero-order chi connectivity index (χ0) is 15.6. The topological polar surface area (TPSA) is 75.2 Å². The number of rotatable bonds is 4. The third kappa shape index (κ3) is 3.63. The van der Waals surface area contributed by atoms with Crippen molar-refractivity contribution in [1.82, 2.24) is 14.3 Å². The highest BCUT2D eigenvalue weighted by Gasteiger charge is 2.27. The van der Waals surface area contributed by atoms with Crippen molar-refractivity contribution in [3.05, 3.63) is 35.5 Å². The minimum atomic E-state index is -3.07. The SMILES string of the molecule is CS(=O)(=O)N1CCC(c2csc(Nc3ccccn3)n2)CC1. The van der Waals surface area contributed by atoms with E-state index in [1.807, 2.05) is 23.6 Å². The maximum Gasteiger partial charge on any atom is 0.211 e. The van der Waals surface area contributed by atoms with E-state index in [1.165, 1.54) is 6.26 Å². The fourth-order valence-corrected chi connectivity index (χ4v) is 4.23. The van der Waals surface area contributed by atoms with E-state index >= 15 is 0 Å². The molecule has 3 heterocycles. The molecule has 1 fully saturated rings. The van der Waals surface area contributed by atoms with Crippen LogP contribution in [0.1, 0.15) is 24.5 Å². The highest BCUT2D eigenvalue weighted by Crippen LogP contribution is 2.31. The fraction of sp³-hybridized carbons (Fsp3) is 0.429. The Bertz CT molecular complexity index is 722. The van der Waals surface area contributed by atoms with Crippen molar-refractivity contribution in [3.8, 4) is 0 Å². The summed E-state index contributed by atoms with van der Waals surface area (Å²) < 4.78 is 24.6. The Kier molecular flexibility index (Phi) is 4.42. The number of hydrogen-bond donors (Lipinski definition) is 1. The summed E-state index contributed by atoms with van der Waals surface area (Å²) in [5.74, 6) is 1.10. The number of sulfonamides is 1. The highest BCUT2D eigenvalue weighted by atomic mass is 32.2. The number of anilines is 2. The number of thiazole rings is 1. The van der Waals surface area contributed by atoms with E-state index in [0.29, 0.717) is 19.0 Å². The van der Waals surface area contributed by atoms with Gasteiger partial charge in [-0.15, -0.1) is 11.3 Å². The Morgan fingerprint density at radius 1 is 1.32 bits per heavy atom. The zero-order valence-electron chi connectivity index (χ0n) is 12.3. The molecule has 0 aromatic carbocycles. The molecule has 2 aromatic rings. The minimum absolute atomic E-state index is 0.327. The molecule has 1 saturated heterocycles. The maximum atomic E-state index is 11.5. The Hall–Kier alpha value is -1.51. The second-order valence-corrected chi connectivity index (χ2v) is 8.19. The molecular formula is C14H18N4O2S2. The van der Waals surface area contributed by atoms with Gasteiger partial charge in [-0.05, 0) is 25.0 Å². The van der Waals surface area contributed by atoms with Crippen LogP contribution >= 0.6 is 11.3 Å². The molecule has 2 aromatic heterocycles. The fourth-order valence-electron chi connectivity index (χ4n) is 2.56. The first kappa shape index (κ1) is 15.4. The van der Waals surface area contributed by atoms with Crippen LogP contribution in [-0.4, -0.2) is 42.0 Å². The number of nitrogens with one attached hydrogen (secondary N) is 1. The van der Waals surface area contributed by atoms with Crippen LogP contribution in [0.2, 0.25) is 0 Å². The van der Waals surface area contributed by atoms with Gasteiger partial charge in [-0.25, -0.2) is 22.7 Å². The quantitative estimate of drug-likeness (QED) is 0.926. The van der Waals surface area contributed by atoms with Crippen molar-refractivity contribution in [2.45, 2.75) is 18.8 Å². The van der Waals surface area contributed by atoms with Gasteiger partial charge in [0, 0.05) is 30.6 Å². The van der Waals surface area contributed by atoms with Gasteiger partial charge < -0.3 is 5.32 Å². The van der Waals surface area contributed by atoms with Gasteiger partial charge in [0.2, 0.25) is 10.0 Å². The molecule has 6 nitrogen and oxygen atoms in total. The highest BCUT2D eigenvalue weighted by molar-refractivity contribution is 7.88. The van der Waals surface area contributed by atoms with Gasteiger partial charge in [-0.1, -0.05) is 6.07 Å². The van der Waals surface area contributed by atoms with Crippen molar-refractivity contribution in [2.24, 2.45) is 0 Å². The standard InChI is InChI=1S/C14H18N4O2S2/c1-22(19,20)18-8-5-11(6-9-18)12-10-21-14(16-12)17-13-4-2-3-7-15-13/h2-4,7,10-11H,5-6,8-9H2,1H3,(H,15,16,17). The Morgan fingerprint density at radius 3 is 2.73 bits per heavy atom. The lowest BCUT2D eigenvalue weighted by atomic mass is 9.95. The molecule has 0 spiro atoms. The monoisotopic (exact) mass is 338 g/mol. The van der Waals surface area contributed by atoms with Gasteiger partial charge in [0.1, 0.15) is 5.82 Å². The third-order valence-electron chi connectivity index (χ3n) is 3.76. The van der Waals surface area contributed by atoms with E-state index in [4.69, 9.17) is 0 Å². The summed E-state index contributed by atoms with van der Waals surface area (Å²) in [5, 5.41) is 6.05. The summed E-state index contributed by atoms with van der Waals surface area (Å²) in [5.41, 5.74) is 1.04. The van der Waals surface area contributed by atoms with Gasteiger partial charge in [0.25, 0.3) is 0 Å². The maximum absolute atomic E-state index is 11.5. The van der Waals surface area contributed by atoms with E-state index < -0.39 is 10.0 Å². The second-order valence-electron chi connectivity index (χ2n) is 5.35. The number of aromatic nitrogens is 2. The van der Waals surface area contributed by atoms with E-state index in [9.17, 15) is 8.42 Å². The summed E-state index contributed by atoms with van der Waals surface area (Å²) >= 11 is 1.55. The lowest BCUT2D eigenvalue weighted by Crippen LogP contribution is -2.37. The molecule has 0 saturated carbocycles. The van der Waals surface area contributed by atoms with Crippen LogP contribution in [-0.2, 0) is 10.0 Å². The number of pyridine rings is 1. The lowest BCUT2D eigenvalue weighted by molar-refractivity contribution is 0.319. The first-order valence-electron chi connectivity index (χ1n) is 7.11. The molecule has 0 amide bonds. The molecule has 0 bridgehead atoms. The van der Waals surface area contributed by atoms with E-state index in [0.717, 1.165) is 29.5 Å². The van der Waals surface area contributed by atoms with Crippen molar-refractivity contribution in [2.75, 3.05) is 24.7 Å². The minimum Gasteiger partial charge on any atom is -0.316 e. The summed E-state index contributed by atoms with van der Waals surface area (Å²) in [6.07, 6.45) is 4.64. The van der Waals surface area contributed by atoms with Crippen LogP contribution in [0.4, 0.5) is 10.9 Å².